The maximum Gasteiger partial charge on any atom is 0.472 e. The topological polar surface area (TPSA) is 237 Å². The number of esters is 4. The van der Waals surface area contributed by atoms with E-state index in [2.05, 4.69) is 204 Å². The molecule has 5 unspecified atom stereocenters. The second kappa shape index (κ2) is 78.8. The number of aliphatic hydroxyl groups is 1. The molecule has 3 N–H and O–H groups in total. The Kier molecular flexibility index (Phi) is 74.1. The molecule has 0 aliphatic carbocycles. The summed E-state index contributed by atoms with van der Waals surface area (Å²) in [6, 6.07) is 0. The molecule has 0 radical (unpaired) electrons. The van der Waals surface area contributed by atoms with Crippen LogP contribution in [0, 0.1) is 0 Å². The fourth-order valence-corrected chi connectivity index (χ4v) is 11.4. The van der Waals surface area contributed by atoms with Gasteiger partial charge in [0.2, 0.25) is 0 Å². The van der Waals surface area contributed by atoms with Crippen LogP contribution < -0.4 is 0 Å². The van der Waals surface area contributed by atoms with Gasteiger partial charge in [-0.05, 0) is 167 Å². The average molecular weight is 1540 g/mol. The van der Waals surface area contributed by atoms with Crippen molar-refractivity contribution in [2.75, 3.05) is 39.6 Å². The van der Waals surface area contributed by atoms with Gasteiger partial charge in [-0.15, -0.1) is 0 Å². The van der Waals surface area contributed by atoms with Gasteiger partial charge in [0.15, 0.2) is 12.2 Å². The van der Waals surface area contributed by atoms with Crippen molar-refractivity contribution in [3.63, 3.8) is 0 Å². The van der Waals surface area contributed by atoms with Crippen LogP contribution in [0.2, 0.25) is 0 Å². The molecule has 0 amide bonds. The Morgan fingerprint density at radius 3 is 0.787 bits per heavy atom. The van der Waals surface area contributed by atoms with E-state index in [4.69, 9.17) is 37.0 Å². The summed E-state index contributed by atoms with van der Waals surface area (Å²) in [6.45, 7) is 4.21. The number of allylic oxidation sites excluding steroid dienone is 34. The number of carbonyl (C=O) groups is 4. The first-order valence-corrected chi connectivity index (χ1v) is 43.3. The fourth-order valence-electron chi connectivity index (χ4n) is 9.78. The quantitative estimate of drug-likeness (QED) is 0.0169. The van der Waals surface area contributed by atoms with E-state index in [1.54, 1.807) is 0 Å². The summed E-state index contributed by atoms with van der Waals surface area (Å²) in [5.74, 6) is -2.39. The van der Waals surface area contributed by atoms with Gasteiger partial charge in [-0.3, -0.25) is 37.3 Å². The van der Waals surface area contributed by atoms with Crippen LogP contribution in [0.1, 0.15) is 272 Å². The number of phosphoric acid groups is 2. The van der Waals surface area contributed by atoms with E-state index >= 15 is 0 Å². The third kappa shape index (κ3) is 77.8. The smallest absolute Gasteiger partial charge is 0.462 e. The molecule has 0 rings (SSSR count). The molecule has 0 fully saturated rings. The first-order valence-electron chi connectivity index (χ1n) is 40.3. The van der Waals surface area contributed by atoms with Gasteiger partial charge >= 0.3 is 39.5 Å². The van der Waals surface area contributed by atoms with Gasteiger partial charge < -0.3 is 33.8 Å². The minimum Gasteiger partial charge on any atom is -0.462 e. The van der Waals surface area contributed by atoms with Crippen LogP contribution in [-0.4, -0.2) is 96.7 Å². The van der Waals surface area contributed by atoms with E-state index in [0.717, 1.165) is 180 Å². The molecule has 0 spiro atoms. The summed E-state index contributed by atoms with van der Waals surface area (Å²) in [5, 5.41) is 10.7. The Bertz CT molecular complexity index is 2860. The van der Waals surface area contributed by atoms with E-state index in [1.807, 2.05) is 30.4 Å². The predicted molar refractivity (Wildman–Crippen MR) is 445 cm³/mol. The van der Waals surface area contributed by atoms with Gasteiger partial charge in [0.1, 0.15) is 19.3 Å². The Labute approximate surface area is 652 Å². The van der Waals surface area contributed by atoms with Gasteiger partial charge in [0.05, 0.1) is 26.4 Å². The Balaban J connectivity index is 5.53. The second-order valence-electron chi connectivity index (χ2n) is 25.8. The molecular formula is C89H140O17P2. The highest BCUT2D eigenvalue weighted by Gasteiger charge is 2.30. The van der Waals surface area contributed by atoms with Gasteiger partial charge in [0, 0.05) is 25.7 Å². The number of phosphoric ester groups is 2. The zero-order chi connectivity index (χ0) is 78.9. The number of unbranched alkanes of at least 4 members (excludes halogenated alkanes) is 13. The number of hydrogen-bond acceptors (Lipinski definition) is 15. The van der Waals surface area contributed by atoms with Gasteiger partial charge in [-0.1, -0.05) is 286 Å². The molecule has 608 valence electrons. The summed E-state index contributed by atoms with van der Waals surface area (Å²) in [5.41, 5.74) is 0. The number of rotatable bonds is 73. The van der Waals surface area contributed by atoms with Crippen molar-refractivity contribution in [2.24, 2.45) is 0 Å². The first kappa shape index (κ1) is 102. The van der Waals surface area contributed by atoms with E-state index in [9.17, 15) is 43.2 Å². The average Bonchev–Trinajstić information content (AvgIpc) is 0.906. The van der Waals surface area contributed by atoms with Crippen molar-refractivity contribution in [1.82, 2.24) is 0 Å². The maximum absolute atomic E-state index is 13.1. The number of carbonyl (C=O) groups excluding carboxylic acids is 4. The lowest BCUT2D eigenvalue weighted by molar-refractivity contribution is -0.161. The molecular weight excluding hydrogens is 1400 g/mol. The lowest BCUT2D eigenvalue weighted by Gasteiger charge is -2.21. The van der Waals surface area contributed by atoms with E-state index < -0.39 is 97.5 Å². The molecule has 0 aromatic rings. The minimum absolute atomic E-state index is 0.00855. The summed E-state index contributed by atoms with van der Waals surface area (Å²) in [4.78, 5) is 73.1. The van der Waals surface area contributed by atoms with Crippen molar-refractivity contribution >= 4 is 39.5 Å². The van der Waals surface area contributed by atoms with Gasteiger partial charge in [0.25, 0.3) is 0 Å². The molecule has 19 heteroatoms. The second-order valence-corrected chi connectivity index (χ2v) is 28.7. The highest BCUT2D eigenvalue weighted by Crippen LogP contribution is 2.45. The van der Waals surface area contributed by atoms with Crippen LogP contribution in [0.5, 0.6) is 0 Å². The van der Waals surface area contributed by atoms with Crippen LogP contribution in [0.15, 0.2) is 207 Å². The summed E-state index contributed by atoms with van der Waals surface area (Å²) < 4.78 is 68.5. The van der Waals surface area contributed by atoms with Crippen LogP contribution >= 0.6 is 15.6 Å². The molecule has 0 saturated carbocycles. The van der Waals surface area contributed by atoms with E-state index in [0.29, 0.717) is 38.5 Å². The van der Waals surface area contributed by atoms with Gasteiger partial charge in [-0.2, -0.15) is 0 Å². The number of hydrogen-bond donors (Lipinski definition) is 3. The van der Waals surface area contributed by atoms with Crippen LogP contribution in [0.3, 0.4) is 0 Å². The molecule has 0 bridgehead atoms. The molecule has 0 saturated heterocycles. The largest absolute Gasteiger partial charge is 0.472 e. The van der Waals surface area contributed by atoms with Crippen LogP contribution in [0.25, 0.3) is 0 Å². The highest BCUT2D eigenvalue weighted by atomic mass is 31.2. The first-order chi connectivity index (χ1) is 52.7. The molecule has 17 nitrogen and oxygen atoms in total. The molecule has 0 aromatic heterocycles. The SMILES string of the molecule is CC/C=C\C/C=C\C/C=C\C/C=C\C/C=C\C/C=C\CCC(=O)OCC(COP(=O)(O)OCC(O)COP(=O)(O)OCC(COC(=O)CCCCCCCCC/C=C\C/C=C\C/C=C\CC)OC(=O)CCCCCCC/C=C\C/C=C\C/C=C\CC)OC(=O)CCC/C=C\C/C=C\C/C=C\C/C=C\C/C=C\CC. The predicted octanol–water partition coefficient (Wildman–Crippen LogP) is 23.9. The monoisotopic (exact) mass is 1540 g/mol. The third-order valence-electron chi connectivity index (χ3n) is 15.7. The summed E-state index contributed by atoms with van der Waals surface area (Å²) in [6.07, 6.45) is 98.3. The number of aliphatic hydroxyl groups excluding tert-OH is 1. The zero-order valence-electron chi connectivity index (χ0n) is 66.4. The van der Waals surface area contributed by atoms with Crippen LogP contribution in [0.4, 0.5) is 0 Å². The van der Waals surface area contributed by atoms with Crippen molar-refractivity contribution in [2.45, 2.75) is 290 Å². The Morgan fingerprint density at radius 2 is 0.481 bits per heavy atom. The standard InChI is InChI=1S/C89H140O17P2/c1-5-9-13-17-21-25-29-33-37-40-41-44-47-50-54-58-62-66-70-74-87(92)100-80-85(106-89(94)76-72-68-64-60-56-52-48-43-39-35-31-27-23-19-15-11-7-3)82-104-108(97,98)102-78-83(90)77-101-107(95,96)103-81-84(105-88(93)75-71-67-63-59-55-51-45-36-32-28-24-20-16-12-8-4)79-99-86(91)73-69-65-61-57-53-49-46-42-38-34-30-26-22-18-14-10-6-2/h9-16,21-28,33-39,41,44-45,48,50,52,54,60,62,64,66,83-85,90H,5-8,17-20,29-32,40,42-43,46-47,49,51,53,55-59,61,63,65,67-82H2,1-4H3,(H,95,96)(H,97,98)/b13-9-,14-10-,15-11-,16-12-,25-21-,26-22-,27-23-,28-24-,37-33-,38-34-,39-35-,44-41-,45-36-,52-48-,54-50-,64-60-,66-62-. The summed E-state index contributed by atoms with van der Waals surface area (Å²) >= 11 is 0. The Morgan fingerprint density at radius 1 is 0.259 bits per heavy atom. The molecule has 5 atom stereocenters. The maximum atomic E-state index is 13.1. The van der Waals surface area contributed by atoms with Gasteiger partial charge in [-0.25, -0.2) is 9.13 Å². The third-order valence-corrected chi connectivity index (χ3v) is 17.6. The Hall–Kier alpha value is -6.36. The molecule has 108 heavy (non-hydrogen) atoms. The van der Waals surface area contributed by atoms with Crippen molar-refractivity contribution in [3.05, 3.63) is 207 Å². The lowest BCUT2D eigenvalue weighted by Crippen LogP contribution is -2.30. The lowest BCUT2D eigenvalue weighted by atomic mass is 10.1. The van der Waals surface area contributed by atoms with E-state index in [1.165, 1.54) is 0 Å². The normalized spacial score (nSPS) is 14.9. The minimum atomic E-state index is -5.02. The number of ether oxygens (including phenoxy) is 4. The molecule has 0 heterocycles. The molecule has 0 aliphatic heterocycles. The highest BCUT2D eigenvalue weighted by molar-refractivity contribution is 7.47. The summed E-state index contributed by atoms with van der Waals surface area (Å²) in [7, 11) is -10.0. The van der Waals surface area contributed by atoms with Crippen molar-refractivity contribution in [3.8, 4) is 0 Å². The molecule has 0 aliphatic rings. The molecule has 0 aromatic carbocycles. The van der Waals surface area contributed by atoms with Crippen LogP contribution in [-0.2, 0) is 65.4 Å². The van der Waals surface area contributed by atoms with E-state index in [-0.39, 0.29) is 25.7 Å². The van der Waals surface area contributed by atoms with Crippen molar-refractivity contribution in [1.29, 1.82) is 0 Å². The fraction of sp³-hybridized carbons (Fsp3) is 0.573. The van der Waals surface area contributed by atoms with Crippen molar-refractivity contribution < 1.29 is 80.2 Å². The zero-order valence-corrected chi connectivity index (χ0v) is 68.2.